The van der Waals surface area contributed by atoms with E-state index in [1.54, 1.807) is 6.07 Å². The van der Waals surface area contributed by atoms with Gasteiger partial charge in [-0.25, -0.2) is 0 Å². The van der Waals surface area contributed by atoms with Gasteiger partial charge in [0.05, 0.1) is 0 Å². The predicted molar refractivity (Wildman–Crippen MR) is 115 cm³/mol. The summed E-state index contributed by atoms with van der Waals surface area (Å²) in [6.07, 6.45) is 0.935. The van der Waals surface area contributed by atoms with Crippen molar-refractivity contribution in [2.75, 3.05) is 13.2 Å². The molecule has 0 aromatic heterocycles. The van der Waals surface area contributed by atoms with Gasteiger partial charge >= 0.3 is 0 Å². The molecular formula is C24H24N2O4. The molecule has 6 nitrogen and oxygen atoms in total. The van der Waals surface area contributed by atoms with E-state index in [2.05, 4.69) is 17.8 Å². The smallest absolute Gasteiger partial charge is 0.276 e. The van der Waals surface area contributed by atoms with Crippen LogP contribution in [0.4, 0.5) is 0 Å². The number of carbonyl (C=O) groups is 2. The highest BCUT2D eigenvalue weighted by Crippen LogP contribution is 2.29. The largest absolute Gasteiger partial charge is 0.484 e. The lowest BCUT2D eigenvalue weighted by Crippen LogP contribution is -2.45. The third kappa shape index (κ3) is 6.10. The molecule has 3 aromatic rings. The Hall–Kier alpha value is -3.80. The van der Waals surface area contributed by atoms with Crippen LogP contribution in [0.3, 0.4) is 0 Å². The van der Waals surface area contributed by atoms with Crippen molar-refractivity contribution >= 4 is 11.8 Å². The number of benzene rings is 3. The lowest BCUT2D eigenvalue weighted by molar-refractivity contribution is -0.131. The van der Waals surface area contributed by atoms with Crippen molar-refractivity contribution in [2.45, 2.75) is 13.3 Å². The van der Waals surface area contributed by atoms with Crippen LogP contribution in [0.5, 0.6) is 11.5 Å². The second-order valence-electron chi connectivity index (χ2n) is 6.53. The number of amides is 2. The van der Waals surface area contributed by atoms with Crippen LogP contribution in [0.25, 0.3) is 11.1 Å². The number of carbonyl (C=O) groups excluding carboxylic acids is 2. The number of ether oxygens (including phenoxy) is 2. The molecule has 0 unspecified atom stereocenters. The molecule has 0 bridgehead atoms. The first-order valence-electron chi connectivity index (χ1n) is 9.72. The van der Waals surface area contributed by atoms with E-state index >= 15 is 0 Å². The van der Waals surface area contributed by atoms with Crippen LogP contribution in [-0.4, -0.2) is 25.0 Å². The van der Waals surface area contributed by atoms with Crippen LogP contribution in [0.15, 0.2) is 78.9 Å². The van der Waals surface area contributed by atoms with E-state index in [-0.39, 0.29) is 13.2 Å². The fourth-order valence-electron chi connectivity index (χ4n) is 2.77. The molecule has 3 rings (SSSR count). The summed E-state index contributed by atoms with van der Waals surface area (Å²) >= 11 is 0. The first-order valence-corrected chi connectivity index (χ1v) is 9.72. The van der Waals surface area contributed by atoms with Crippen molar-refractivity contribution in [2.24, 2.45) is 0 Å². The molecule has 30 heavy (non-hydrogen) atoms. The van der Waals surface area contributed by atoms with Gasteiger partial charge in [-0.15, -0.1) is 0 Å². The van der Waals surface area contributed by atoms with E-state index in [0.29, 0.717) is 11.5 Å². The quantitative estimate of drug-likeness (QED) is 0.563. The number of para-hydroxylation sites is 1. The monoisotopic (exact) mass is 404 g/mol. The minimum Gasteiger partial charge on any atom is -0.484 e. The molecule has 0 saturated heterocycles. The number of hydrogen-bond donors (Lipinski definition) is 2. The molecule has 0 aliphatic heterocycles. The molecule has 0 spiro atoms. The summed E-state index contributed by atoms with van der Waals surface area (Å²) in [5.74, 6) is 0.240. The molecular weight excluding hydrogens is 380 g/mol. The van der Waals surface area contributed by atoms with Crippen molar-refractivity contribution in [1.82, 2.24) is 10.9 Å². The molecule has 154 valence electrons. The Morgan fingerprint density at radius 2 is 1.33 bits per heavy atom. The van der Waals surface area contributed by atoms with Crippen molar-refractivity contribution in [3.8, 4) is 22.6 Å². The highest BCUT2D eigenvalue weighted by molar-refractivity contribution is 5.83. The Labute approximate surface area is 175 Å². The fraction of sp³-hybridized carbons (Fsp3) is 0.167. The third-order valence-corrected chi connectivity index (χ3v) is 4.37. The van der Waals surface area contributed by atoms with Crippen LogP contribution in [-0.2, 0) is 16.0 Å². The maximum absolute atomic E-state index is 12.0. The molecule has 0 aliphatic carbocycles. The first-order chi connectivity index (χ1) is 14.7. The van der Waals surface area contributed by atoms with Crippen molar-refractivity contribution < 1.29 is 19.1 Å². The van der Waals surface area contributed by atoms with Gasteiger partial charge in [-0.2, -0.15) is 0 Å². The number of rotatable bonds is 8. The molecule has 6 heteroatoms. The van der Waals surface area contributed by atoms with Gasteiger partial charge in [0.25, 0.3) is 11.8 Å². The van der Waals surface area contributed by atoms with E-state index in [9.17, 15) is 9.59 Å². The van der Waals surface area contributed by atoms with E-state index < -0.39 is 11.8 Å². The molecule has 0 atom stereocenters. The number of hydrazine groups is 1. The summed E-state index contributed by atoms with van der Waals surface area (Å²) in [4.78, 5) is 23.9. The van der Waals surface area contributed by atoms with Crippen LogP contribution >= 0.6 is 0 Å². The molecule has 2 amide bonds. The zero-order valence-corrected chi connectivity index (χ0v) is 16.8. The Balaban J connectivity index is 1.43. The molecule has 3 aromatic carbocycles. The highest BCUT2D eigenvalue weighted by Gasteiger charge is 2.09. The molecule has 2 N–H and O–H groups in total. The van der Waals surface area contributed by atoms with E-state index in [1.807, 2.05) is 72.8 Å². The van der Waals surface area contributed by atoms with Crippen molar-refractivity contribution in [3.63, 3.8) is 0 Å². The first kappa shape index (κ1) is 20.9. The minimum atomic E-state index is -0.474. The van der Waals surface area contributed by atoms with Gasteiger partial charge in [-0.05, 0) is 35.7 Å². The highest BCUT2D eigenvalue weighted by atomic mass is 16.5. The standard InChI is InChI=1S/C24H24N2O4/c1-2-18-12-14-20(15-13-18)29-16-23(27)25-26-24(28)17-30-22-11-7-6-10-21(22)19-8-4-3-5-9-19/h3-15H,2,16-17H2,1H3,(H,25,27)(H,26,28). The average molecular weight is 404 g/mol. The van der Waals surface area contributed by atoms with Crippen LogP contribution in [0.2, 0.25) is 0 Å². The zero-order valence-electron chi connectivity index (χ0n) is 16.8. The molecule has 0 fully saturated rings. The summed E-state index contributed by atoms with van der Waals surface area (Å²) < 4.78 is 11.0. The van der Waals surface area contributed by atoms with Gasteiger partial charge in [0.15, 0.2) is 13.2 Å². The van der Waals surface area contributed by atoms with E-state index in [0.717, 1.165) is 17.5 Å². The van der Waals surface area contributed by atoms with Crippen molar-refractivity contribution in [1.29, 1.82) is 0 Å². The predicted octanol–water partition coefficient (Wildman–Crippen LogP) is 3.52. The summed E-state index contributed by atoms with van der Waals surface area (Å²) in [5, 5.41) is 0. The van der Waals surface area contributed by atoms with Crippen LogP contribution < -0.4 is 20.3 Å². The Bertz CT molecular complexity index is 972. The SMILES string of the molecule is CCc1ccc(OCC(=O)NNC(=O)COc2ccccc2-c2ccccc2)cc1. The summed E-state index contributed by atoms with van der Waals surface area (Å²) in [5.41, 5.74) is 7.70. The lowest BCUT2D eigenvalue weighted by atomic mass is 10.1. The number of aryl methyl sites for hydroxylation is 1. The number of hydrogen-bond acceptors (Lipinski definition) is 4. The second-order valence-corrected chi connectivity index (χ2v) is 6.53. The van der Waals surface area contributed by atoms with Crippen LogP contribution in [0.1, 0.15) is 12.5 Å². The normalized spacial score (nSPS) is 10.2. The van der Waals surface area contributed by atoms with Gasteiger partial charge < -0.3 is 9.47 Å². The maximum atomic E-state index is 12.0. The van der Waals surface area contributed by atoms with Gasteiger partial charge in [0.2, 0.25) is 0 Å². The lowest BCUT2D eigenvalue weighted by Gasteiger charge is -2.12. The Morgan fingerprint density at radius 1 is 0.733 bits per heavy atom. The Morgan fingerprint density at radius 3 is 2.00 bits per heavy atom. The summed E-state index contributed by atoms with van der Waals surface area (Å²) in [6, 6.07) is 24.7. The average Bonchev–Trinajstić information content (AvgIpc) is 2.81. The fourth-order valence-corrected chi connectivity index (χ4v) is 2.77. The molecule has 0 radical (unpaired) electrons. The van der Waals surface area contributed by atoms with Gasteiger partial charge in [0.1, 0.15) is 11.5 Å². The van der Waals surface area contributed by atoms with Gasteiger partial charge in [0, 0.05) is 5.56 Å². The Kier molecular flexibility index (Phi) is 7.44. The van der Waals surface area contributed by atoms with Gasteiger partial charge in [-0.1, -0.05) is 67.6 Å². The second kappa shape index (κ2) is 10.7. The number of nitrogens with one attached hydrogen (secondary N) is 2. The van der Waals surface area contributed by atoms with Crippen molar-refractivity contribution in [3.05, 3.63) is 84.4 Å². The summed E-state index contributed by atoms with van der Waals surface area (Å²) in [6.45, 7) is 1.63. The van der Waals surface area contributed by atoms with Crippen LogP contribution in [0, 0.1) is 0 Å². The summed E-state index contributed by atoms with van der Waals surface area (Å²) in [7, 11) is 0. The topological polar surface area (TPSA) is 76.7 Å². The van der Waals surface area contributed by atoms with E-state index in [1.165, 1.54) is 5.56 Å². The van der Waals surface area contributed by atoms with E-state index in [4.69, 9.17) is 9.47 Å². The third-order valence-electron chi connectivity index (χ3n) is 4.37. The zero-order chi connectivity index (χ0) is 21.2. The molecule has 0 saturated carbocycles. The molecule has 0 heterocycles. The minimum absolute atomic E-state index is 0.205. The van der Waals surface area contributed by atoms with Gasteiger partial charge in [-0.3, -0.25) is 20.4 Å². The molecule has 0 aliphatic rings. The maximum Gasteiger partial charge on any atom is 0.276 e.